The first-order valence-electron chi connectivity index (χ1n) is 9.17. The molecule has 29 heavy (non-hydrogen) atoms. The lowest BCUT2D eigenvalue weighted by Gasteiger charge is -2.27. The molecule has 1 unspecified atom stereocenters. The van der Waals surface area contributed by atoms with Crippen LogP contribution >= 0.6 is 0 Å². The van der Waals surface area contributed by atoms with Crippen molar-refractivity contribution < 1.29 is 27.5 Å². The molecule has 0 amide bonds. The van der Waals surface area contributed by atoms with Gasteiger partial charge in [0.2, 0.25) is 18.3 Å². The van der Waals surface area contributed by atoms with Gasteiger partial charge in [-0.1, -0.05) is 0 Å². The quantitative estimate of drug-likeness (QED) is 0.604. The van der Waals surface area contributed by atoms with Crippen LogP contribution in [0.4, 0.5) is 23.2 Å². The van der Waals surface area contributed by atoms with Crippen LogP contribution in [0.5, 0.6) is 0 Å². The van der Waals surface area contributed by atoms with Gasteiger partial charge in [-0.25, -0.2) is 22.4 Å². The highest BCUT2D eigenvalue weighted by Crippen LogP contribution is 2.37. The Morgan fingerprint density at radius 3 is 2.52 bits per heavy atom. The monoisotopic (exact) mass is 415 g/mol. The van der Waals surface area contributed by atoms with Gasteiger partial charge in [-0.15, -0.1) is 0 Å². The molecule has 10 heteroatoms. The Morgan fingerprint density at radius 2 is 1.97 bits per heavy atom. The number of H-pyrrole nitrogens is 1. The molecule has 1 aliphatic heterocycles. The van der Waals surface area contributed by atoms with Crippen LogP contribution in [0.1, 0.15) is 27.9 Å². The maximum Gasteiger partial charge on any atom is 0.341 e. The van der Waals surface area contributed by atoms with E-state index in [-0.39, 0.29) is 33.6 Å². The van der Waals surface area contributed by atoms with E-state index in [4.69, 9.17) is 10.8 Å². The standard InChI is InChI=1S/C19H21F4N3O3/c20-14(21)4-10-3-12-16(25-7-13(18(12)27)19(28)29)11(5-15(22)23)17(10)26-2-1-9(6-24)8-26/h3,7,9,14-15H,1-2,4-6,8,24H2,(H,25,27)(H,28,29). The van der Waals surface area contributed by atoms with Crippen molar-refractivity contribution in [3.05, 3.63) is 39.2 Å². The van der Waals surface area contributed by atoms with Gasteiger partial charge in [-0.05, 0) is 30.5 Å². The Balaban J connectivity index is 2.31. The highest BCUT2D eigenvalue weighted by Gasteiger charge is 2.29. The molecule has 2 aromatic rings. The summed E-state index contributed by atoms with van der Waals surface area (Å²) in [6.45, 7) is 1.29. The number of carbonyl (C=O) groups is 1. The maximum atomic E-state index is 13.4. The second kappa shape index (κ2) is 8.40. The lowest BCUT2D eigenvalue weighted by molar-refractivity contribution is 0.0695. The zero-order chi connectivity index (χ0) is 21.3. The molecule has 0 saturated carbocycles. The van der Waals surface area contributed by atoms with Crippen molar-refractivity contribution in [2.24, 2.45) is 11.7 Å². The number of hydrogen-bond acceptors (Lipinski definition) is 4. The highest BCUT2D eigenvalue weighted by molar-refractivity contribution is 5.95. The Labute approximate surface area is 163 Å². The predicted octanol–water partition coefficient (Wildman–Crippen LogP) is 2.63. The summed E-state index contributed by atoms with van der Waals surface area (Å²) < 4.78 is 53.3. The van der Waals surface area contributed by atoms with Gasteiger partial charge in [-0.2, -0.15) is 0 Å². The molecule has 4 N–H and O–H groups in total. The zero-order valence-corrected chi connectivity index (χ0v) is 15.4. The van der Waals surface area contributed by atoms with Crippen molar-refractivity contribution in [2.75, 3.05) is 24.5 Å². The second-order valence-corrected chi connectivity index (χ2v) is 7.15. The summed E-state index contributed by atoms with van der Waals surface area (Å²) >= 11 is 0. The number of fused-ring (bicyclic) bond motifs is 1. The summed E-state index contributed by atoms with van der Waals surface area (Å²) in [4.78, 5) is 28.2. The minimum absolute atomic E-state index is 0.0415. The third-order valence-electron chi connectivity index (χ3n) is 5.23. The van der Waals surface area contributed by atoms with E-state index < -0.39 is 42.7 Å². The largest absolute Gasteiger partial charge is 0.477 e. The number of rotatable bonds is 7. The Kier molecular flexibility index (Phi) is 6.11. The number of carboxylic acids is 1. The summed E-state index contributed by atoms with van der Waals surface area (Å²) in [7, 11) is 0. The summed E-state index contributed by atoms with van der Waals surface area (Å²) in [5, 5.41) is 8.97. The predicted molar refractivity (Wildman–Crippen MR) is 100 cm³/mol. The van der Waals surface area contributed by atoms with Gasteiger partial charge in [0.25, 0.3) is 0 Å². The zero-order valence-electron chi connectivity index (χ0n) is 15.4. The van der Waals surface area contributed by atoms with E-state index in [0.717, 1.165) is 6.20 Å². The lowest BCUT2D eigenvalue weighted by Crippen LogP contribution is -2.26. The summed E-state index contributed by atoms with van der Waals surface area (Å²) in [5.41, 5.74) is 4.61. The average molecular weight is 415 g/mol. The Hall–Kier alpha value is -2.62. The number of pyridine rings is 1. The average Bonchev–Trinajstić information content (AvgIpc) is 3.10. The fourth-order valence-electron chi connectivity index (χ4n) is 3.94. The number of nitrogens with one attached hydrogen (secondary N) is 1. The lowest BCUT2D eigenvalue weighted by atomic mass is 9.95. The van der Waals surface area contributed by atoms with Gasteiger partial charge < -0.3 is 20.7 Å². The van der Waals surface area contributed by atoms with Crippen LogP contribution in [0, 0.1) is 5.92 Å². The number of nitrogens with two attached hydrogens (primary N) is 1. The number of aromatic nitrogens is 1. The van der Waals surface area contributed by atoms with E-state index in [2.05, 4.69) is 4.98 Å². The number of aromatic amines is 1. The van der Waals surface area contributed by atoms with E-state index in [1.165, 1.54) is 6.07 Å². The number of anilines is 1. The van der Waals surface area contributed by atoms with E-state index in [1.807, 2.05) is 0 Å². The van der Waals surface area contributed by atoms with E-state index >= 15 is 0 Å². The molecular weight excluding hydrogens is 394 g/mol. The molecule has 0 aliphatic carbocycles. The molecule has 3 rings (SSSR count). The molecule has 0 radical (unpaired) electrons. The van der Waals surface area contributed by atoms with Gasteiger partial charge in [0.15, 0.2) is 0 Å². The summed E-state index contributed by atoms with van der Waals surface area (Å²) in [6, 6.07) is 1.20. The Bertz CT molecular complexity index is 977. The van der Waals surface area contributed by atoms with E-state index in [1.54, 1.807) is 4.90 Å². The first-order chi connectivity index (χ1) is 13.7. The molecule has 0 spiro atoms. The van der Waals surface area contributed by atoms with Crippen molar-refractivity contribution in [1.82, 2.24) is 4.98 Å². The number of benzene rings is 1. The van der Waals surface area contributed by atoms with Gasteiger partial charge in [0, 0.05) is 48.8 Å². The van der Waals surface area contributed by atoms with Crippen molar-refractivity contribution in [3.63, 3.8) is 0 Å². The van der Waals surface area contributed by atoms with Crippen molar-refractivity contribution in [1.29, 1.82) is 0 Å². The van der Waals surface area contributed by atoms with E-state index in [9.17, 15) is 27.2 Å². The van der Waals surface area contributed by atoms with Crippen LogP contribution in [-0.4, -0.2) is 48.5 Å². The number of aromatic carboxylic acids is 1. The summed E-state index contributed by atoms with van der Waals surface area (Å²) in [6.07, 6.45) is -5.39. The van der Waals surface area contributed by atoms with Crippen LogP contribution in [0.15, 0.2) is 17.1 Å². The first-order valence-corrected chi connectivity index (χ1v) is 9.17. The molecule has 1 aromatic carbocycles. The van der Waals surface area contributed by atoms with Gasteiger partial charge in [-0.3, -0.25) is 4.79 Å². The number of carboxylic acid groups (broad SMARTS) is 1. The Morgan fingerprint density at radius 1 is 1.28 bits per heavy atom. The molecule has 0 bridgehead atoms. The molecule has 6 nitrogen and oxygen atoms in total. The third-order valence-corrected chi connectivity index (χ3v) is 5.23. The number of nitrogens with zero attached hydrogens (tertiary/aromatic N) is 1. The molecule has 158 valence electrons. The van der Waals surface area contributed by atoms with Crippen LogP contribution in [0.25, 0.3) is 10.9 Å². The molecule has 1 atom stereocenters. The molecule has 1 saturated heterocycles. The normalized spacial score (nSPS) is 17.1. The number of hydrogen-bond donors (Lipinski definition) is 3. The fraction of sp³-hybridized carbons (Fsp3) is 0.474. The van der Waals surface area contributed by atoms with Gasteiger partial charge >= 0.3 is 5.97 Å². The second-order valence-electron chi connectivity index (χ2n) is 7.15. The van der Waals surface area contributed by atoms with Gasteiger partial charge in [0.1, 0.15) is 5.56 Å². The third kappa shape index (κ3) is 4.21. The van der Waals surface area contributed by atoms with Crippen LogP contribution in [0.2, 0.25) is 0 Å². The SMILES string of the molecule is NCC1CCN(c2c(CC(F)F)cc3c(=O)c(C(=O)O)c[nH]c3c2CC(F)F)C1. The van der Waals surface area contributed by atoms with Crippen molar-refractivity contribution in [3.8, 4) is 0 Å². The van der Waals surface area contributed by atoms with Crippen LogP contribution in [0.3, 0.4) is 0 Å². The minimum Gasteiger partial charge on any atom is -0.477 e. The number of halogens is 4. The van der Waals surface area contributed by atoms with Crippen molar-refractivity contribution in [2.45, 2.75) is 32.1 Å². The fourth-order valence-corrected chi connectivity index (χ4v) is 3.94. The topological polar surface area (TPSA) is 99.4 Å². The first kappa shape index (κ1) is 21.1. The number of alkyl halides is 4. The van der Waals surface area contributed by atoms with Gasteiger partial charge in [0.05, 0.1) is 5.52 Å². The maximum absolute atomic E-state index is 13.4. The molecular formula is C19H21F4N3O3. The highest BCUT2D eigenvalue weighted by atomic mass is 19.3. The van der Waals surface area contributed by atoms with Crippen LogP contribution < -0.4 is 16.1 Å². The molecule has 1 fully saturated rings. The summed E-state index contributed by atoms with van der Waals surface area (Å²) in [5.74, 6) is -1.38. The molecule has 1 aromatic heterocycles. The van der Waals surface area contributed by atoms with E-state index in [0.29, 0.717) is 26.1 Å². The molecule has 1 aliphatic rings. The minimum atomic E-state index is -2.78. The molecule has 2 heterocycles. The smallest absolute Gasteiger partial charge is 0.341 e. The van der Waals surface area contributed by atoms with Crippen LogP contribution in [-0.2, 0) is 12.8 Å². The van der Waals surface area contributed by atoms with Crippen molar-refractivity contribution >= 4 is 22.6 Å².